The fourth-order valence-electron chi connectivity index (χ4n) is 7.17. The van der Waals surface area contributed by atoms with E-state index >= 15 is 0 Å². The molecule has 284 valence electrons. The van der Waals surface area contributed by atoms with Gasteiger partial charge in [-0.15, -0.1) is 21.5 Å². The maximum atomic E-state index is 13.8. The van der Waals surface area contributed by atoms with Gasteiger partial charge in [0, 0.05) is 29.0 Å². The average molecular weight is 785 g/mol. The molecule has 14 nitrogen and oxygen atoms in total. The molecule has 0 spiro atoms. The predicted octanol–water partition coefficient (Wildman–Crippen LogP) is 5.67. The first kappa shape index (κ1) is 37.8. The van der Waals surface area contributed by atoms with Crippen molar-refractivity contribution in [3.05, 3.63) is 91.8 Å². The number of hydrogen-bond acceptors (Lipinski definition) is 12. The SMILES string of the molecule is COC(=O)C[C@@H]1N=C(c2ccc(Cl)cc2)c2c(sc(C(=O)CCCCCCOc3cccc4c3C(=O)N(C3CCC(=O)NC3=O)C4=O)c2C)-n2c(C)nnc21. The number of ketones is 1. The lowest BCUT2D eigenvalue weighted by Crippen LogP contribution is -2.54. The second-order valence-corrected chi connectivity index (χ2v) is 15.0. The molecule has 5 heterocycles. The van der Waals surface area contributed by atoms with Crippen molar-refractivity contribution in [3.63, 3.8) is 0 Å². The summed E-state index contributed by atoms with van der Waals surface area (Å²) in [7, 11) is 1.33. The van der Waals surface area contributed by atoms with Crippen LogP contribution in [-0.2, 0) is 19.1 Å². The molecule has 2 aromatic heterocycles. The third-order valence-electron chi connectivity index (χ3n) is 9.95. The molecule has 1 unspecified atom stereocenters. The Labute approximate surface area is 324 Å². The van der Waals surface area contributed by atoms with Crippen molar-refractivity contribution >= 4 is 64.0 Å². The van der Waals surface area contributed by atoms with Crippen LogP contribution in [0.3, 0.4) is 0 Å². The summed E-state index contributed by atoms with van der Waals surface area (Å²) in [5, 5.41) is 12.2. The van der Waals surface area contributed by atoms with Crippen molar-refractivity contribution in [2.75, 3.05) is 13.7 Å². The van der Waals surface area contributed by atoms with E-state index in [1.54, 1.807) is 24.3 Å². The van der Waals surface area contributed by atoms with Gasteiger partial charge in [0.15, 0.2) is 11.6 Å². The van der Waals surface area contributed by atoms with Crippen LogP contribution < -0.4 is 10.1 Å². The summed E-state index contributed by atoms with van der Waals surface area (Å²) in [5.74, 6) is -1.39. The predicted molar refractivity (Wildman–Crippen MR) is 201 cm³/mol. The minimum absolute atomic E-state index is 0.00395. The lowest BCUT2D eigenvalue weighted by molar-refractivity contribution is -0.141. The lowest BCUT2D eigenvalue weighted by Gasteiger charge is -2.27. The van der Waals surface area contributed by atoms with E-state index in [-0.39, 0.29) is 48.5 Å². The van der Waals surface area contributed by atoms with Crippen molar-refractivity contribution in [3.8, 4) is 10.8 Å². The Morgan fingerprint density at radius 2 is 1.73 bits per heavy atom. The molecule has 4 aromatic rings. The van der Waals surface area contributed by atoms with E-state index < -0.39 is 41.7 Å². The Hall–Kier alpha value is -5.54. The fraction of sp³-hybridized carbons (Fsp3) is 0.359. The zero-order valence-corrected chi connectivity index (χ0v) is 31.9. The highest BCUT2D eigenvalue weighted by Gasteiger charge is 2.46. The Kier molecular flexibility index (Phi) is 10.8. The van der Waals surface area contributed by atoms with Gasteiger partial charge in [-0.05, 0) is 62.9 Å². The molecular formula is C39H37ClN6O8S. The number of nitrogens with one attached hydrogen (secondary N) is 1. The van der Waals surface area contributed by atoms with E-state index in [1.165, 1.54) is 24.5 Å². The van der Waals surface area contributed by atoms with Crippen LogP contribution >= 0.6 is 22.9 Å². The summed E-state index contributed by atoms with van der Waals surface area (Å²) in [6.45, 7) is 4.02. The number of methoxy groups -OCH3 is 1. The number of imide groups is 2. The maximum absolute atomic E-state index is 13.8. The van der Waals surface area contributed by atoms with Gasteiger partial charge in [-0.3, -0.25) is 48.5 Å². The van der Waals surface area contributed by atoms with E-state index in [1.807, 2.05) is 30.5 Å². The number of aromatic nitrogens is 3. The highest BCUT2D eigenvalue weighted by molar-refractivity contribution is 7.17. The standard InChI is InChI=1S/C39H37ClN6O8S/c1-20-31-33(22-12-14-23(40)15-13-22)41-25(19-30(49)53-3)35-44-43-21(2)45(35)39(31)55-34(20)27(47)10-6-4-5-7-18-54-28-11-8-9-24-32(28)38(52)46(37(24)51)26-16-17-29(48)42-36(26)50/h8-9,11-15,25-26H,4-7,10,16-19H2,1-3H3,(H,42,48,50)/t25-,26?/m0/s1. The number of amides is 4. The molecule has 0 aliphatic carbocycles. The van der Waals surface area contributed by atoms with Gasteiger partial charge in [0.05, 0.1) is 41.9 Å². The normalized spacial score (nSPS) is 17.6. The minimum atomic E-state index is -1.05. The first-order valence-corrected chi connectivity index (χ1v) is 19.1. The van der Waals surface area contributed by atoms with Gasteiger partial charge >= 0.3 is 5.97 Å². The number of rotatable bonds is 13. The monoisotopic (exact) mass is 784 g/mol. The van der Waals surface area contributed by atoms with Crippen LogP contribution in [0.5, 0.6) is 5.75 Å². The van der Waals surface area contributed by atoms with Crippen LogP contribution in [0.4, 0.5) is 0 Å². The van der Waals surface area contributed by atoms with Crippen LogP contribution in [0.15, 0.2) is 47.5 Å². The summed E-state index contributed by atoms with van der Waals surface area (Å²) in [5.41, 5.74) is 3.24. The molecule has 7 rings (SSSR count). The third-order valence-corrected chi connectivity index (χ3v) is 11.5. The zero-order chi connectivity index (χ0) is 39.0. The van der Waals surface area contributed by atoms with Crippen LogP contribution in [-0.4, -0.2) is 80.5 Å². The number of unbranched alkanes of at least 4 members (excludes halogenated alkanes) is 3. The first-order chi connectivity index (χ1) is 26.5. The number of carbonyl (C=O) groups is 6. The number of benzene rings is 2. The molecule has 0 bridgehead atoms. The molecule has 16 heteroatoms. The third kappa shape index (κ3) is 7.21. The van der Waals surface area contributed by atoms with Crippen molar-refractivity contribution in [1.82, 2.24) is 25.0 Å². The van der Waals surface area contributed by atoms with Crippen molar-refractivity contribution in [2.24, 2.45) is 4.99 Å². The molecule has 3 aliphatic rings. The van der Waals surface area contributed by atoms with Crippen LogP contribution in [0.2, 0.25) is 5.02 Å². The van der Waals surface area contributed by atoms with Crippen molar-refractivity contribution < 1.29 is 38.2 Å². The summed E-state index contributed by atoms with van der Waals surface area (Å²) in [4.78, 5) is 83.3. The highest BCUT2D eigenvalue weighted by atomic mass is 35.5. The van der Waals surface area contributed by atoms with E-state index in [0.29, 0.717) is 46.5 Å². The summed E-state index contributed by atoms with van der Waals surface area (Å²) < 4.78 is 12.8. The Morgan fingerprint density at radius 1 is 0.964 bits per heavy atom. The number of halogens is 1. The maximum Gasteiger partial charge on any atom is 0.308 e. The van der Waals surface area contributed by atoms with E-state index in [0.717, 1.165) is 39.4 Å². The van der Waals surface area contributed by atoms with E-state index in [9.17, 15) is 28.8 Å². The zero-order valence-electron chi connectivity index (χ0n) is 30.3. The summed E-state index contributed by atoms with van der Waals surface area (Å²) in [6, 6.07) is 10.3. The number of nitrogens with zero attached hydrogens (tertiary/aromatic N) is 5. The quantitative estimate of drug-likeness (QED) is 0.0769. The molecule has 0 radical (unpaired) electrons. The average Bonchev–Trinajstić information content (AvgIpc) is 3.76. The molecule has 1 fully saturated rings. The van der Waals surface area contributed by atoms with Gasteiger partial charge in [0.1, 0.15) is 28.7 Å². The van der Waals surface area contributed by atoms with Crippen molar-refractivity contribution in [1.29, 1.82) is 0 Å². The molecule has 55 heavy (non-hydrogen) atoms. The van der Waals surface area contributed by atoms with Crippen molar-refractivity contribution in [2.45, 2.75) is 77.3 Å². The molecule has 1 N–H and O–H groups in total. The molecule has 2 atom stereocenters. The number of fused-ring (bicyclic) bond motifs is 4. The molecule has 0 saturated carbocycles. The Bertz CT molecular complexity index is 2280. The smallest absolute Gasteiger partial charge is 0.308 e. The van der Waals surface area contributed by atoms with Gasteiger partial charge in [-0.1, -0.05) is 42.6 Å². The van der Waals surface area contributed by atoms with Gasteiger partial charge in [-0.2, -0.15) is 0 Å². The largest absolute Gasteiger partial charge is 0.493 e. The number of piperidine rings is 1. The van der Waals surface area contributed by atoms with Gasteiger partial charge in [-0.25, -0.2) is 0 Å². The second kappa shape index (κ2) is 15.7. The molecule has 1 saturated heterocycles. The van der Waals surface area contributed by atoms with Crippen LogP contribution in [0.25, 0.3) is 5.00 Å². The Morgan fingerprint density at radius 3 is 2.47 bits per heavy atom. The number of aliphatic imine (C=N–C) groups is 1. The number of Topliss-reactive ketones (excluding diaryl/α,β-unsaturated/α-hetero) is 1. The second-order valence-electron chi connectivity index (χ2n) is 13.5. The number of aryl methyl sites for hydroxylation is 1. The number of esters is 1. The number of thiophene rings is 1. The van der Waals surface area contributed by atoms with E-state index in [4.69, 9.17) is 26.1 Å². The van der Waals surface area contributed by atoms with E-state index in [2.05, 4.69) is 15.5 Å². The topological polar surface area (TPSA) is 179 Å². The summed E-state index contributed by atoms with van der Waals surface area (Å²) in [6.07, 6.45) is 3.21. The Balaban J connectivity index is 0.998. The summed E-state index contributed by atoms with van der Waals surface area (Å²) >= 11 is 7.58. The van der Waals surface area contributed by atoms with Crippen LogP contribution in [0, 0.1) is 13.8 Å². The van der Waals surface area contributed by atoms with Gasteiger partial charge in [0.2, 0.25) is 11.8 Å². The molecule has 2 aromatic carbocycles. The van der Waals surface area contributed by atoms with Gasteiger partial charge in [0.25, 0.3) is 11.8 Å². The molecular weight excluding hydrogens is 748 g/mol. The van der Waals surface area contributed by atoms with Gasteiger partial charge < -0.3 is 9.47 Å². The fourth-order valence-corrected chi connectivity index (χ4v) is 8.63. The first-order valence-electron chi connectivity index (χ1n) is 18.0. The number of carbonyl (C=O) groups excluding carboxylic acids is 6. The minimum Gasteiger partial charge on any atom is -0.493 e. The number of ether oxygens (including phenoxy) is 2. The molecule has 3 aliphatic heterocycles. The number of hydrogen-bond donors (Lipinski definition) is 1. The lowest BCUT2D eigenvalue weighted by atomic mass is 9.98. The highest BCUT2D eigenvalue weighted by Crippen LogP contribution is 2.41. The molecule has 4 amide bonds. The van der Waals surface area contributed by atoms with Crippen LogP contribution in [0.1, 0.15) is 116 Å².